The second kappa shape index (κ2) is 7.07. The van der Waals surface area contributed by atoms with E-state index in [-0.39, 0.29) is 11.0 Å². The first-order valence-electron chi connectivity index (χ1n) is 9.25. The van der Waals surface area contributed by atoms with Gasteiger partial charge in [0.15, 0.2) is 0 Å². The lowest BCUT2D eigenvalue weighted by Gasteiger charge is -2.42. The molecule has 1 aromatic rings. The highest BCUT2D eigenvalue weighted by atomic mass is 32.2. The van der Waals surface area contributed by atoms with Crippen molar-refractivity contribution in [2.75, 3.05) is 26.2 Å². The fraction of sp³-hybridized carbons (Fsp3) is 0.632. The van der Waals surface area contributed by atoms with Crippen molar-refractivity contribution in [1.82, 2.24) is 9.21 Å². The number of carbonyl (C=O) groups excluding carboxylic acids is 1. The maximum Gasteiger partial charge on any atom is 0.410 e. The van der Waals surface area contributed by atoms with E-state index in [1.54, 1.807) is 29.2 Å². The number of benzene rings is 1. The van der Waals surface area contributed by atoms with E-state index < -0.39 is 21.3 Å². The second-order valence-corrected chi connectivity index (χ2v) is 10.0. The SMILES string of the molecule is Cc1ccc(S(=O)(=O)N2CCOC23CCN(C(=O)OC(C)(C)C)CC3)cc1. The third-order valence-electron chi connectivity index (χ3n) is 4.93. The Morgan fingerprint density at radius 3 is 2.26 bits per heavy atom. The summed E-state index contributed by atoms with van der Waals surface area (Å²) in [6.07, 6.45) is 0.484. The zero-order chi connectivity index (χ0) is 19.9. The van der Waals surface area contributed by atoms with Gasteiger partial charge in [0, 0.05) is 32.5 Å². The second-order valence-electron chi connectivity index (χ2n) is 8.15. The summed E-state index contributed by atoms with van der Waals surface area (Å²) in [5.41, 5.74) is -0.439. The Kier molecular flexibility index (Phi) is 5.26. The molecule has 2 saturated heterocycles. The number of hydrogen-bond acceptors (Lipinski definition) is 5. The van der Waals surface area contributed by atoms with Crippen LogP contribution in [0.3, 0.4) is 0 Å². The highest BCUT2D eigenvalue weighted by molar-refractivity contribution is 7.89. The fourth-order valence-electron chi connectivity index (χ4n) is 3.53. The number of aryl methyl sites for hydroxylation is 1. The number of ether oxygens (including phenoxy) is 2. The molecule has 0 radical (unpaired) electrons. The standard InChI is InChI=1S/C19H28N2O5S/c1-15-5-7-16(8-6-15)27(23,24)21-13-14-25-19(21)9-11-20(12-10-19)17(22)26-18(2,3)4/h5-8H,9-14H2,1-4H3. The Morgan fingerprint density at radius 1 is 1.11 bits per heavy atom. The Morgan fingerprint density at radius 2 is 1.70 bits per heavy atom. The van der Waals surface area contributed by atoms with Gasteiger partial charge in [-0.15, -0.1) is 0 Å². The Bertz CT molecular complexity index is 790. The van der Waals surface area contributed by atoms with Gasteiger partial charge in [0.05, 0.1) is 11.5 Å². The first kappa shape index (κ1) is 20.1. The molecule has 1 amide bonds. The molecular weight excluding hydrogens is 368 g/mol. The van der Waals surface area contributed by atoms with Crippen molar-refractivity contribution < 1.29 is 22.7 Å². The topological polar surface area (TPSA) is 76.2 Å². The molecule has 2 heterocycles. The van der Waals surface area contributed by atoms with Gasteiger partial charge < -0.3 is 14.4 Å². The first-order valence-corrected chi connectivity index (χ1v) is 10.7. The predicted octanol–water partition coefficient (Wildman–Crippen LogP) is 2.74. The summed E-state index contributed by atoms with van der Waals surface area (Å²) in [5, 5.41) is 0. The quantitative estimate of drug-likeness (QED) is 0.768. The number of piperidine rings is 1. The average Bonchev–Trinajstić information content (AvgIpc) is 2.98. The van der Waals surface area contributed by atoms with Crippen molar-refractivity contribution in [1.29, 1.82) is 0 Å². The van der Waals surface area contributed by atoms with Crippen molar-refractivity contribution in [2.24, 2.45) is 0 Å². The van der Waals surface area contributed by atoms with Crippen LogP contribution in [-0.4, -0.2) is 61.3 Å². The zero-order valence-corrected chi connectivity index (χ0v) is 17.2. The van der Waals surface area contributed by atoms with Gasteiger partial charge in [0.1, 0.15) is 11.3 Å². The van der Waals surface area contributed by atoms with Crippen LogP contribution in [0.5, 0.6) is 0 Å². The molecule has 0 unspecified atom stereocenters. The summed E-state index contributed by atoms with van der Waals surface area (Å²) in [5.74, 6) is 0. The van der Waals surface area contributed by atoms with Crippen molar-refractivity contribution in [3.8, 4) is 0 Å². The van der Waals surface area contributed by atoms with E-state index in [1.807, 2.05) is 27.7 Å². The lowest BCUT2D eigenvalue weighted by Crippen LogP contribution is -2.56. The molecule has 0 bridgehead atoms. The molecule has 0 aliphatic carbocycles. The van der Waals surface area contributed by atoms with Crippen LogP contribution in [0.15, 0.2) is 29.2 Å². The lowest BCUT2D eigenvalue weighted by atomic mass is 10.0. The summed E-state index contributed by atoms with van der Waals surface area (Å²) in [6, 6.07) is 6.85. The summed E-state index contributed by atoms with van der Waals surface area (Å²) < 4.78 is 39.1. The molecule has 27 heavy (non-hydrogen) atoms. The molecule has 8 heteroatoms. The minimum Gasteiger partial charge on any atom is -0.444 e. The van der Waals surface area contributed by atoms with Crippen molar-refractivity contribution >= 4 is 16.1 Å². The van der Waals surface area contributed by atoms with E-state index in [1.165, 1.54) is 4.31 Å². The largest absolute Gasteiger partial charge is 0.444 e. The Balaban J connectivity index is 1.75. The lowest BCUT2D eigenvalue weighted by molar-refractivity contribution is -0.0907. The van der Waals surface area contributed by atoms with Gasteiger partial charge in [-0.25, -0.2) is 13.2 Å². The first-order chi connectivity index (χ1) is 12.5. The number of carbonyl (C=O) groups is 1. The van der Waals surface area contributed by atoms with Gasteiger partial charge in [-0.1, -0.05) is 17.7 Å². The van der Waals surface area contributed by atoms with E-state index in [0.29, 0.717) is 39.1 Å². The molecule has 7 nitrogen and oxygen atoms in total. The molecule has 2 aliphatic rings. The number of hydrogen-bond donors (Lipinski definition) is 0. The monoisotopic (exact) mass is 396 g/mol. The molecule has 1 aromatic carbocycles. The minimum atomic E-state index is -3.66. The highest BCUT2D eigenvalue weighted by Gasteiger charge is 2.51. The number of likely N-dealkylation sites (tertiary alicyclic amines) is 1. The van der Waals surface area contributed by atoms with E-state index >= 15 is 0 Å². The van der Waals surface area contributed by atoms with E-state index in [4.69, 9.17) is 9.47 Å². The molecule has 0 saturated carbocycles. The number of sulfonamides is 1. The van der Waals surface area contributed by atoms with Gasteiger partial charge in [0.25, 0.3) is 0 Å². The van der Waals surface area contributed by atoms with Crippen LogP contribution in [0.1, 0.15) is 39.2 Å². The van der Waals surface area contributed by atoms with Crippen LogP contribution in [0, 0.1) is 6.92 Å². The maximum absolute atomic E-state index is 13.2. The van der Waals surface area contributed by atoms with Crippen molar-refractivity contribution in [3.05, 3.63) is 29.8 Å². The predicted molar refractivity (Wildman–Crippen MR) is 101 cm³/mol. The number of rotatable bonds is 2. The van der Waals surface area contributed by atoms with Crippen LogP contribution in [0.25, 0.3) is 0 Å². The molecule has 0 N–H and O–H groups in total. The molecule has 0 aromatic heterocycles. The summed E-state index contributed by atoms with van der Waals surface area (Å²) in [6.45, 7) is 8.87. The van der Waals surface area contributed by atoms with Crippen molar-refractivity contribution in [2.45, 2.75) is 56.8 Å². The summed E-state index contributed by atoms with van der Waals surface area (Å²) in [4.78, 5) is 14.2. The normalized spacial score (nSPS) is 20.8. The third-order valence-corrected chi connectivity index (χ3v) is 6.89. The van der Waals surface area contributed by atoms with Crippen molar-refractivity contribution in [3.63, 3.8) is 0 Å². The van der Waals surface area contributed by atoms with E-state index in [0.717, 1.165) is 5.56 Å². The Hall–Kier alpha value is -1.64. The van der Waals surface area contributed by atoms with Crippen LogP contribution >= 0.6 is 0 Å². The molecule has 0 atom stereocenters. The van der Waals surface area contributed by atoms with Crippen LogP contribution in [0.4, 0.5) is 4.79 Å². The molecule has 2 aliphatic heterocycles. The van der Waals surface area contributed by atoms with E-state index in [2.05, 4.69) is 0 Å². The minimum absolute atomic E-state index is 0.271. The number of amides is 1. The summed E-state index contributed by atoms with van der Waals surface area (Å²) in [7, 11) is -3.66. The van der Waals surface area contributed by atoms with Gasteiger partial charge in [-0.2, -0.15) is 4.31 Å². The molecule has 2 fully saturated rings. The van der Waals surface area contributed by atoms with Gasteiger partial charge in [0.2, 0.25) is 10.0 Å². The molecule has 150 valence electrons. The third kappa shape index (κ3) is 4.12. The maximum atomic E-state index is 13.2. The molecule has 1 spiro atoms. The van der Waals surface area contributed by atoms with Gasteiger partial charge >= 0.3 is 6.09 Å². The van der Waals surface area contributed by atoms with Gasteiger partial charge in [-0.3, -0.25) is 0 Å². The molecular formula is C19H28N2O5S. The van der Waals surface area contributed by atoms with E-state index in [9.17, 15) is 13.2 Å². The van der Waals surface area contributed by atoms with Crippen LogP contribution in [0.2, 0.25) is 0 Å². The fourth-order valence-corrected chi connectivity index (χ4v) is 5.25. The average molecular weight is 397 g/mol. The summed E-state index contributed by atoms with van der Waals surface area (Å²) >= 11 is 0. The van der Waals surface area contributed by atoms with Crippen LogP contribution < -0.4 is 0 Å². The highest BCUT2D eigenvalue weighted by Crippen LogP contribution is 2.38. The Labute approximate surface area is 161 Å². The van der Waals surface area contributed by atoms with Crippen LogP contribution in [-0.2, 0) is 19.5 Å². The molecule has 3 rings (SSSR count). The smallest absolute Gasteiger partial charge is 0.410 e. The zero-order valence-electron chi connectivity index (χ0n) is 16.4. The van der Waals surface area contributed by atoms with Gasteiger partial charge in [-0.05, 0) is 39.8 Å². The number of nitrogens with zero attached hydrogens (tertiary/aromatic N) is 2.